The number of aliphatic hydroxyl groups is 1. The first-order valence-corrected chi connectivity index (χ1v) is 7.78. The number of allylic oxidation sites excluding steroid dienone is 1. The van der Waals surface area contributed by atoms with E-state index in [0.717, 1.165) is 24.8 Å². The van der Waals surface area contributed by atoms with Crippen LogP contribution in [0.25, 0.3) is 0 Å². The zero-order valence-corrected chi connectivity index (χ0v) is 12.8. The molecule has 0 aromatic carbocycles. The third kappa shape index (κ3) is 2.37. The van der Waals surface area contributed by atoms with Gasteiger partial charge in [-0.05, 0) is 25.2 Å². The number of carbonyl (C=O) groups excluding carboxylic acids is 2. The molecule has 1 N–H and O–H groups in total. The molecule has 0 spiro atoms. The van der Waals surface area contributed by atoms with Crippen molar-refractivity contribution in [3.8, 4) is 0 Å². The molecule has 120 valence electrons. The van der Waals surface area contributed by atoms with Gasteiger partial charge in [0.2, 0.25) is 0 Å². The quantitative estimate of drug-likeness (QED) is 0.477. The number of aliphatic hydroxyl groups excluding tert-OH is 1. The fourth-order valence-electron chi connectivity index (χ4n) is 4.37. The maximum atomic E-state index is 11.8. The van der Waals surface area contributed by atoms with Crippen LogP contribution in [0.2, 0.25) is 0 Å². The fourth-order valence-corrected chi connectivity index (χ4v) is 4.37. The molecule has 6 atom stereocenters. The maximum Gasteiger partial charge on any atom is 0.334 e. The predicted octanol–water partition coefficient (Wildman–Crippen LogP) is 1.61. The van der Waals surface area contributed by atoms with Crippen LogP contribution in [0.5, 0.6) is 0 Å². The second-order valence-corrected chi connectivity index (χ2v) is 6.71. The molecule has 22 heavy (non-hydrogen) atoms. The monoisotopic (exact) mass is 306 g/mol. The second-order valence-electron chi connectivity index (χ2n) is 6.71. The van der Waals surface area contributed by atoms with E-state index >= 15 is 0 Å². The van der Waals surface area contributed by atoms with Gasteiger partial charge in [-0.15, -0.1) is 0 Å². The van der Waals surface area contributed by atoms with E-state index < -0.39 is 12.1 Å². The Balaban J connectivity index is 1.89. The lowest BCUT2D eigenvalue weighted by Crippen LogP contribution is -2.33. The summed E-state index contributed by atoms with van der Waals surface area (Å²) in [7, 11) is 0. The number of rotatable bonds is 2. The lowest BCUT2D eigenvalue weighted by molar-refractivity contribution is -0.147. The van der Waals surface area contributed by atoms with Gasteiger partial charge < -0.3 is 14.6 Å². The summed E-state index contributed by atoms with van der Waals surface area (Å²) < 4.78 is 10.7. The third-order valence-electron chi connectivity index (χ3n) is 5.38. The van der Waals surface area contributed by atoms with Gasteiger partial charge in [0.15, 0.2) is 0 Å². The molecule has 0 unspecified atom stereocenters. The van der Waals surface area contributed by atoms with Crippen molar-refractivity contribution in [2.45, 2.75) is 38.4 Å². The van der Waals surface area contributed by atoms with Gasteiger partial charge in [-0.25, -0.2) is 4.79 Å². The summed E-state index contributed by atoms with van der Waals surface area (Å²) in [6.45, 7) is 9.54. The second kappa shape index (κ2) is 5.54. The average molecular weight is 306 g/mol. The van der Waals surface area contributed by atoms with Crippen molar-refractivity contribution in [3.05, 3.63) is 24.3 Å². The van der Waals surface area contributed by atoms with E-state index in [1.165, 1.54) is 6.92 Å². The smallest absolute Gasteiger partial charge is 0.334 e. The Morgan fingerprint density at radius 3 is 2.86 bits per heavy atom. The first-order chi connectivity index (χ1) is 10.4. The highest BCUT2D eigenvalue weighted by Gasteiger charge is 2.60. The molecule has 0 aromatic heterocycles. The Morgan fingerprint density at radius 1 is 1.45 bits per heavy atom. The van der Waals surface area contributed by atoms with E-state index in [0.29, 0.717) is 12.2 Å². The minimum atomic E-state index is -0.649. The zero-order valence-electron chi connectivity index (χ0n) is 12.8. The minimum absolute atomic E-state index is 0.0122. The standard InChI is InChI=1S/C17H22O5/c1-8-4-5-11(7-21-10(3)18)14-12(6-8)15(19)13-9(2)17(20)22-16(13)14/h11-16,19H,1-2,4-7H2,3H3/t11-,12-,13+,14+,15+,16+/m1/s1. The number of esters is 2. The molecule has 0 bridgehead atoms. The van der Waals surface area contributed by atoms with Gasteiger partial charge in [0, 0.05) is 24.3 Å². The van der Waals surface area contributed by atoms with Crippen molar-refractivity contribution >= 4 is 11.9 Å². The van der Waals surface area contributed by atoms with Gasteiger partial charge in [-0.2, -0.15) is 0 Å². The van der Waals surface area contributed by atoms with Crippen LogP contribution in [0.4, 0.5) is 0 Å². The van der Waals surface area contributed by atoms with Crippen molar-refractivity contribution in [2.24, 2.45) is 23.7 Å². The topological polar surface area (TPSA) is 72.8 Å². The largest absolute Gasteiger partial charge is 0.466 e. The molecule has 1 heterocycles. The third-order valence-corrected chi connectivity index (χ3v) is 5.38. The molecule has 3 rings (SSSR count). The number of hydrogen-bond acceptors (Lipinski definition) is 5. The molecule has 0 radical (unpaired) electrons. The highest BCUT2D eigenvalue weighted by Crippen LogP contribution is 2.53. The highest BCUT2D eigenvalue weighted by molar-refractivity contribution is 5.91. The van der Waals surface area contributed by atoms with E-state index in [-0.39, 0.29) is 35.7 Å². The Labute approximate surface area is 130 Å². The Hall–Kier alpha value is -1.62. The summed E-state index contributed by atoms with van der Waals surface area (Å²) >= 11 is 0. The number of ether oxygens (including phenoxy) is 2. The molecule has 1 aliphatic heterocycles. The molecular formula is C17H22O5. The van der Waals surface area contributed by atoms with Gasteiger partial charge >= 0.3 is 11.9 Å². The van der Waals surface area contributed by atoms with Crippen LogP contribution in [0.1, 0.15) is 26.2 Å². The van der Waals surface area contributed by atoms with Crippen molar-refractivity contribution < 1.29 is 24.2 Å². The Bertz CT molecular complexity index is 537. The molecule has 3 aliphatic rings. The summed E-state index contributed by atoms with van der Waals surface area (Å²) in [6, 6.07) is 0. The Kier molecular flexibility index (Phi) is 3.85. The molecule has 2 saturated carbocycles. The van der Waals surface area contributed by atoms with E-state index in [1.807, 2.05) is 0 Å². The lowest BCUT2D eigenvalue weighted by atomic mass is 9.81. The normalized spacial score (nSPS) is 40.7. The summed E-state index contributed by atoms with van der Waals surface area (Å²) in [5.74, 6) is -1.04. The molecule has 0 aromatic rings. The van der Waals surface area contributed by atoms with Gasteiger partial charge in [0.05, 0.1) is 18.6 Å². The number of hydrogen-bond donors (Lipinski definition) is 1. The van der Waals surface area contributed by atoms with Gasteiger partial charge in [-0.3, -0.25) is 4.79 Å². The summed E-state index contributed by atoms with van der Waals surface area (Å²) in [5.41, 5.74) is 1.46. The first-order valence-electron chi connectivity index (χ1n) is 7.78. The number of carbonyl (C=O) groups is 2. The van der Waals surface area contributed by atoms with E-state index in [2.05, 4.69) is 13.2 Å². The summed E-state index contributed by atoms with van der Waals surface area (Å²) in [5, 5.41) is 10.7. The summed E-state index contributed by atoms with van der Waals surface area (Å²) in [4.78, 5) is 22.9. The number of fused-ring (bicyclic) bond motifs is 3. The van der Waals surface area contributed by atoms with Crippen molar-refractivity contribution in [1.29, 1.82) is 0 Å². The van der Waals surface area contributed by atoms with Crippen LogP contribution in [-0.4, -0.2) is 35.9 Å². The lowest BCUT2D eigenvalue weighted by Gasteiger charge is -2.29. The van der Waals surface area contributed by atoms with Crippen molar-refractivity contribution in [1.82, 2.24) is 0 Å². The molecule has 5 nitrogen and oxygen atoms in total. The van der Waals surface area contributed by atoms with Crippen LogP contribution in [-0.2, 0) is 19.1 Å². The summed E-state index contributed by atoms with van der Waals surface area (Å²) in [6.07, 6.45) is 1.39. The van der Waals surface area contributed by atoms with E-state index in [1.54, 1.807) is 0 Å². The molecule has 2 aliphatic carbocycles. The fraction of sp³-hybridized carbons (Fsp3) is 0.647. The first kappa shape index (κ1) is 15.3. The van der Waals surface area contributed by atoms with Crippen LogP contribution < -0.4 is 0 Å². The van der Waals surface area contributed by atoms with Crippen LogP contribution in [0.3, 0.4) is 0 Å². The van der Waals surface area contributed by atoms with Crippen molar-refractivity contribution in [2.75, 3.05) is 6.61 Å². The van der Waals surface area contributed by atoms with Gasteiger partial charge in [-0.1, -0.05) is 18.7 Å². The zero-order chi connectivity index (χ0) is 16.0. The van der Waals surface area contributed by atoms with Crippen LogP contribution in [0.15, 0.2) is 24.3 Å². The minimum Gasteiger partial charge on any atom is -0.466 e. The van der Waals surface area contributed by atoms with Gasteiger partial charge in [0.1, 0.15) is 6.10 Å². The molecular weight excluding hydrogens is 284 g/mol. The van der Waals surface area contributed by atoms with Crippen molar-refractivity contribution in [3.63, 3.8) is 0 Å². The predicted molar refractivity (Wildman–Crippen MR) is 78.6 cm³/mol. The Morgan fingerprint density at radius 2 is 2.18 bits per heavy atom. The highest BCUT2D eigenvalue weighted by atomic mass is 16.6. The van der Waals surface area contributed by atoms with Crippen LogP contribution >= 0.6 is 0 Å². The van der Waals surface area contributed by atoms with E-state index in [4.69, 9.17) is 9.47 Å². The molecule has 0 amide bonds. The van der Waals surface area contributed by atoms with Crippen LogP contribution in [0, 0.1) is 23.7 Å². The SMILES string of the molecule is C=C1CC[C@H](COC(C)=O)[C@H]2[C@@H](C1)[C@H](O)[C@@H]1C(=C)C(=O)O[C@@H]12. The average Bonchev–Trinajstić information content (AvgIpc) is 2.80. The van der Waals surface area contributed by atoms with Gasteiger partial charge in [0.25, 0.3) is 0 Å². The van der Waals surface area contributed by atoms with E-state index in [9.17, 15) is 14.7 Å². The maximum absolute atomic E-state index is 11.8. The molecule has 3 fully saturated rings. The molecule has 5 heteroatoms. The molecule has 1 saturated heterocycles.